The first-order valence-corrected chi connectivity index (χ1v) is 11.5. The molecule has 2 unspecified atom stereocenters. The first-order chi connectivity index (χ1) is 15.5. The Morgan fingerprint density at radius 1 is 1.16 bits per heavy atom. The lowest BCUT2D eigenvalue weighted by molar-refractivity contribution is 0.204. The zero-order valence-electron chi connectivity index (χ0n) is 18.9. The number of ether oxygens (including phenoxy) is 2. The van der Waals surface area contributed by atoms with E-state index in [-0.39, 0.29) is 0 Å². The van der Waals surface area contributed by atoms with Crippen molar-refractivity contribution in [3.05, 3.63) is 53.5 Å². The standard InChI is InChI=1S/C24H30N4O3S/c1-27(2)18-11-12-28(14-18)17-7-5-16(6-8-17)25-23(29)21-15-32-24(26-21)20-10-9-19(30-3)13-22(20)31-4/h5-10,13,15,18,23,25,29H,11-12,14H2,1-4H3. The topological polar surface area (TPSA) is 70.1 Å². The van der Waals surface area contributed by atoms with Gasteiger partial charge in [0.1, 0.15) is 22.2 Å². The Balaban J connectivity index is 1.42. The molecule has 32 heavy (non-hydrogen) atoms. The van der Waals surface area contributed by atoms with Gasteiger partial charge in [-0.2, -0.15) is 0 Å². The van der Waals surface area contributed by atoms with Crippen molar-refractivity contribution in [2.45, 2.75) is 18.7 Å². The zero-order chi connectivity index (χ0) is 22.7. The summed E-state index contributed by atoms with van der Waals surface area (Å²) in [5.74, 6) is 1.40. The van der Waals surface area contributed by atoms with Gasteiger partial charge >= 0.3 is 0 Å². The first kappa shape index (κ1) is 22.4. The molecule has 4 rings (SSSR count). The highest BCUT2D eigenvalue weighted by Crippen LogP contribution is 2.36. The van der Waals surface area contributed by atoms with E-state index in [9.17, 15) is 5.11 Å². The highest BCUT2D eigenvalue weighted by atomic mass is 32.1. The van der Waals surface area contributed by atoms with Gasteiger partial charge in [0, 0.05) is 42.0 Å². The highest BCUT2D eigenvalue weighted by Gasteiger charge is 2.24. The molecule has 1 saturated heterocycles. The molecule has 7 nitrogen and oxygen atoms in total. The molecule has 0 bridgehead atoms. The van der Waals surface area contributed by atoms with Crippen LogP contribution in [0.5, 0.6) is 11.5 Å². The molecule has 1 aromatic heterocycles. The fraction of sp³-hybridized carbons (Fsp3) is 0.375. The number of rotatable bonds is 8. The third-order valence-electron chi connectivity index (χ3n) is 5.87. The molecule has 0 amide bonds. The minimum atomic E-state index is -0.903. The van der Waals surface area contributed by atoms with Gasteiger partial charge in [-0.1, -0.05) is 0 Å². The zero-order valence-corrected chi connectivity index (χ0v) is 19.7. The van der Waals surface area contributed by atoms with E-state index < -0.39 is 6.23 Å². The Morgan fingerprint density at radius 3 is 2.59 bits per heavy atom. The maximum atomic E-state index is 10.7. The summed E-state index contributed by atoms with van der Waals surface area (Å²) < 4.78 is 10.7. The van der Waals surface area contributed by atoms with Crippen LogP contribution in [0.25, 0.3) is 10.6 Å². The monoisotopic (exact) mass is 454 g/mol. The molecule has 1 fully saturated rings. The van der Waals surface area contributed by atoms with Gasteiger partial charge in [0.2, 0.25) is 0 Å². The van der Waals surface area contributed by atoms with Crippen molar-refractivity contribution >= 4 is 22.7 Å². The predicted octanol–water partition coefficient (Wildman–Crippen LogP) is 4.07. The van der Waals surface area contributed by atoms with Crippen molar-refractivity contribution in [3.63, 3.8) is 0 Å². The summed E-state index contributed by atoms with van der Waals surface area (Å²) in [5.41, 5.74) is 3.49. The molecular formula is C24H30N4O3S. The summed E-state index contributed by atoms with van der Waals surface area (Å²) in [6, 6.07) is 14.4. The van der Waals surface area contributed by atoms with Gasteiger partial charge in [-0.3, -0.25) is 0 Å². The number of benzene rings is 2. The Hall–Kier alpha value is -2.81. The van der Waals surface area contributed by atoms with Crippen molar-refractivity contribution in [2.75, 3.05) is 51.6 Å². The molecule has 2 N–H and O–H groups in total. The Bertz CT molecular complexity index is 1040. The molecule has 8 heteroatoms. The molecule has 1 aliphatic heterocycles. The molecule has 0 spiro atoms. The van der Waals surface area contributed by atoms with E-state index in [2.05, 4.69) is 46.3 Å². The van der Waals surface area contributed by atoms with E-state index in [1.165, 1.54) is 23.4 Å². The van der Waals surface area contributed by atoms with Gasteiger partial charge in [0.05, 0.1) is 19.8 Å². The Morgan fingerprint density at radius 2 is 1.94 bits per heavy atom. The lowest BCUT2D eigenvalue weighted by Gasteiger charge is -2.22. The SMILES string of the molecule is COc1ccc(-c2nc(C(O)Nc3ccc(N4CCC(N(C)C)C4)cc3)cs2)c(OC)c1. The minimum absolute atomic E-state index is 0.570. The number of nitrogens with zero attached hydrogens (tertiary/aromatic N) is 3. The average Bonchev–Trinajstić information content (AvgIpc) is 3.49. The van der Waals surface area contributed by atoms with Gasteiger partial charge in [0.15, 0.2) is 6.23 Å². The summed E-state index contributed by atoms with van der Waals surface area (Å²) in [6.07, 6.45) is 0.275. The molecule has 0 saturated carbocycles. The molecular weight excluding hydrogens is 424 g/mol. The van der Waals surface area contributed by atoms with Gasteiger partial charge in [-0.15, -0.1) is 11.3 Å². The molecule has 2 aromatic carbocycles. The Labute approximate surface area is 193 Å². The van der Waals surface area contributed by atoms with Crippen LogP contribution in [-0.4, -0.2) is 62.4 Å². The second-order valence-electron chi connectivity index (χ2n) is 8.09. The normalized spacial score (nSPS) is 16.9. The maximum Gasteiger partial charge on any atom is 0.168 e. The first-order valence-electron chi connectivity index (χ1n) is 10.6. The van der Waals surface area contributed by atoms with Crippen LogP contribution >= 0.6 is 11.3 Å². The molecule has 2 heterocycles. The number of nitrogens with one attached hydrogen (secondary N) is 1. The third kappa shape index (κ3) is 4.82. The van der Waals surface area contributed by atoms with Gasteiger partial charge in [-0.05, 0) is 56.9 Å². The molecule has 0 radical (unpaired) electrons. The largest absolute Gasteiger partial charge is 0.497 e. The van der Waals surface area contributed by atoms with Crippen LogP contribution in [0.15, 0.2) is 47.8 Å². The van der Waals surface area contributed by atoms with Crippen LogP contribution in [0.4, 0.5) is 11.4 Å². The van der Waals surface area contributed by atoms with Crippen LogP contribution < -0.4 is 19.7 Å². The van der Waals surface area contributed by atoms with Crippen molar-refractivity contribution in [1.82, 2.24) is 9.88 Å². The lowest BCUT2D eigenvalue weighted by atomic mass is 10.2. The smallest absolute Gasteiger partial charge is 0.168 e. The fourth-order valence-electron chi connectivity index (χ4n) is 3.91. The summed E-state index contributed by atoms with van der Waals surface area (Å²) in [7, 11) is 7.51. The number of aromatic nitrogens is 1. The number of aliphatic hydroxyl groups excluding tert-OH is 1. The van der Waals surface area contributed by atoms with Crippen LogP contribution in [0, 0.1) is 0 Å². The van der Waals surface area contributed by atoms with Crippen LogP contribution in [-0.2, 0) is 0 Å². The fourth-order valence-corrected chi connectivity index (χ4v) is 4.78. The summed E-state index contributed by atoms with van der Waals surface area (Å²) >= 11 is 1.46. The minimum Gasteiger partial charge on any atom is -0.497 e. The van der Waals surface area contributed by atoms with Gasteiger partial charge in [0.25, 0.3) is 0 Å². The van der Waals surface area contributed by atoms with Crippen LogP contribution in [0.3, 0.4) is 0 Å². The number of hydrogen-bond acceptors (Lipinski definition) is 8. The summed E-state index contributed by atoms with van der Waals surface area (Å²) in [5, 5.41) is 16.5. The summed E-state index contributed by atoms with van der Waals surface area (Å²) in [4.78, 5) is 9.31. The van der Waals surface area contributed by atoms with E-state index in [0.29, 0.717) is 17.5 Å². The second kappa shape index (κ2) is 9.77. The van der Waals surface area contributed by atoms with Gasteiger partial charge in [-0.25, -0.2) is 4.98 Å². The average molecular weight is 455 g/mol. The highest BCUT2D eigenvalue weighted by molar-refractivity contribution is 7.13. The quantitative estimate of drug-likeness (QED) is 0.497. The number of aliphatic hydroxyl groups is 1. The number of methoxy groups -OCH3 is 2. The van der Waals surface area contributed by atoms with E-state index >= 15 is 0 Å². The Kier molecular flexibility index (Phi) is 6.83. The van der Waals surface area contributed by atoms with Crippen molar-refractivity contribution < 1.29 is 14.6 Å². The maximum absolute atomic E-state index is 10.7. The van der Waals surface area contributed by atoms with Crippen molar-refractivity contribution in [1.29, 1.82) is 0 Å². The lowest BCUT2D eigenvalue weighted by Crippen LogP contribution is -2.31. The van der Waals surface area contributed by atoms with Crippen LogP contribution in [0.1, 0.15) is 18.3 Å². The summed E-state index contributed by atoms with van der Waals surface area (Å²) in [6.45, 7) is 2.10. The predicted molar refractivity (Wildman–Crippen MR) is 130 cm³/mol. The number of anilines is 2. The molecule has 0 aliphatic carbocycles. The number of thiazole rings is 1. The van der Waals surface area contributed by atoms with Gasteiger partial charge < -0.3 is 29.7 Å². The number of likely N-dealkylation sites (N-methyl/N-ethyl adjacent to an activating group) is 1. The molecule has 1 aliphatic rings. The van der Waals surface area contributed by atoms with E-state index in [0.717, 1.165) is 35.1 Å². The second-order valence-corrected chi connectivity index (χ2v) is 8.95. The van der Waals surface area contributed by atoms with E-state index in [1.807, 2.05) is 35.7 Å². The van der Waals surface area contributed by atoms with E-state index in [4.69, 9.17) is 9.47 Å². The van der Waals surface area contributed by atoms with Crippen LogP contribution in [0.2, 0.25) is 0 Å². The van der Waals surface area contributed by atoms with E-state index in [1.54, 1.807) is 14.2 Å². The molecule has 3 aromatic rings. The number of hydrogen-bond donors (Lipinski definition) is 2. The van der Waals surface area contributed by atoms with Crippen molar-refractivity contribution in [3.8, 4) is 22.1 Å². The molecule has 170 valence electrons. The van der Waals surface area contributed by atoms with Crippen molar-refractivity contribution in [2.24, 2.45) is 0 Å². The molecule has 2 atom stereocenters. The third-order valence-corrected chi connectivity index (χ3v) is 6.76.